The van der Waals surface area contributed by atoms with Crippen molar-refractivity contribution in [2.24, 2.45) is 11.8 Å². The summed E-state index contributed by atoms with van der Waals surface area (Å²) in [6, 6.07) is 0.215. The van der Waals surface area contributed by atoms with Gasteiger partial charge in [0.1, 0.15) is 0 Å². The summed E-state index contributed by atoms with van der Waals surface area (Å²) < 4.78 is 0. The summed E-state index contributed by atoms with van der Waals surface area (Å²) in [5.74, 6) is 1.30. The Labute approximate surface area is 98.6 Å². The first-order valence-electron chi connectivity index (χ1n) is 6.61. The molecule has 1 fully saturated rings. The average Bonchev–Trinajstić information content (AvgIpc) is 3.09. The zero-order valence-corrected chi connectivity index (χ0v) is 10.5. The molecule has 3 nitrogen and oxygen atoms in total. The zero-order chi connectivity index (χ0) is 12.0. The highest BCUT2D eigenvalue weighted by Gasteiger charge is 2.31. The minimum atomic E-state index is 0.166. The fraction of sp³-hybridized carbons (Fsp3) is 0.923. The second-order valence-electron chi connectivity index (χ2n) is 4.91. The molecule has 1 aliphatic rings. The Bertz CT molecular complexity index is 210. The maximum absolute atomic E-state index is 11.8. The van der Waals surface area contributed by atoms with Gasteiger partial charge in [-0.15, -0.1) is 0 Å². The molecule has 1 rings (SSSR count). The maximum Gasteiger partial charge on any atom is 0.220 e. The van der Waals surface area contributed by atoms with Crippen molar-refractivity contribution < 1.29 is 9.90 Å². The normalized spacial score (nSPS) is 17.5. The van der Waals surface area contributed by atoms with Crippen LogP contribution in [-0.2, 0) is 4.79 Å². The molecule has 0 bridgehead atoms. The molecule has 1 unspecified atom stereocenters. The van der Waals surface area contributed by atoms with Crippen molar-refractivity contribution in [2.45, 2.75) is 58.4 Å². The molecular weight excluding hydrogens is 202 g/mol. The van der Waals surface area contributed by atoms with Crippen LogP contribution in [0.2, 0.25) is 0 Å². The van der Waals surface area contributed by atoms with Crippen LogP contribution in [0.4, 0.5) is 0 Å². The second-order valence-corrected chi connectivity index (χ2v) is 4.91. The molecule has 94 valence electrons. The van der Waals surface area contributed by atoms with E-state index in [0.717, 1.165) is 12.8 Å². The lowest BCUT2D eigenvalue weighted by Gasteiger charge is -2.19. The fourth-order valence-electron chi connectivity index (χ4n) is 2.17. The number of nitrogens with one attached hydrogen (secondary N) is 1. The van der Waals surface area contributed by atoms with Crippen molar-refractivity contribution in [1.29, 1.82) is 0 Å². The van der Waals surface area contributed by atoms with Gasteiger partial charge >= 0.3 is 0 Å². The van der Waals surface area contributed by atoms with Crippen molar-refractivity contribution in [3.05, 3.63) is 0 Å². The SMILES string of the molecule is CCC(CC)CC(=O)NC(CCO)C1CC1. The minimum Gasteiger partial charge on any atom is -0.396 e. The van der Waals surface area contributed by atoms with Gasteiger partial charge in [-0.05, 0) is 31.1 Å². The number of carbonyl (C=O) groups is 1. The highest BCUT2D eigenvalue weighted by Crippen LogP contribution is 2.34. The number of aliphatic hydroxyl groups is 1. The number of hydrogen-bond donors (Lipinski definition) is 2. The minimum absolute atomic E-state index is 0.166. The van der Waals surface area contributed by atoms with Crippen LogP contribution in [0.25, 0.3) is 0 Å². The van der Waals surface area contributed by atoms with E-state index in [1.54, 1.807) is 0 Å². The Kier molecular flexibility index (Phi) is 5.81. The van der Waals surface area contributed by atoms with E-state index in [0.29, 0.717) is 24.7 Å². The molecule has 0 aliphatic heterocycles. The maximum atomic E-state index is 11.8. The zero-order valence-electron chi connectivity index (χ0n) is 10.5. The molecule has 0 aromatic carbocycles. The Balaban J connectivity index is 2.29. The van der Waals surface area contributed by atoms with Crippen LogP contribution in [0.1, 0.15) is 52.4 Å². The van der Waals surface area contributed by atoms with Crippen molar-refractivity contribution in [3.63, 3.8) is 0 Å². The van der Waals surface area contributed by atoms with Crippen LogP contribution in [-0.4, -0.2) is 23.7 Å². The summed E-state index contributed by atoms with van der Waals surface area (Å²) in [4.78, 5) is 11.8. The standard InChI is InChI=1S/C13H25NO2/c1-3-10(4-2)9-13(16)14-12(7-8-15)11-5-6-11/h10-12,15H,3-9H2,1-2H3,(H,14,16). The molecule has 1 amide bonds. The third kappa shape index (κ3) is 4.52. The summed E-state index contributed by atoms with van der Waals surface area (Å²) in [5.41, 5.74) is 0. The van der Waals surface area contributed by atoms with Crippen LogP contribution in [0.5, 0.6) is 0 Å². The molecule has 3 heteroatoms. The molecule has 0 saturated heterocycles. The molecule has 0 aromatic heterocycles. The molecule has 0 heterocycles. The molecule has 2 N–H and O–H groups in total. The lowest BCUT2D eigenvalue weighted by molar-refractivity contribution is -0.123. The molecule has 0 spiro atoms. The largest absolute Gasteiger partial charge is 0.396 e. The van der Waals surface area contributed by atoms with Crippen molar-refractivity contribution >= 4 is 5.91 Å². The predicted molar refractivity (Wildman–Crippen MR) is 65.0 cm³/mol. The van der Waals surface area contributed by atoms with Gasteiger partial charge in [0.15, 0.2) is 0 Å². The lowest BCUT2D eigenvalue weighted by atomic mass is 9.98. The molecule has 0 aromatic rings. The van der Waals surface area contributed by atoms with E-state index in [4.69, 9.17) is 5.11 Å². The van der Waals surface area contributed by atoms with E-state index >= 15 is 0 Å². The molecule has 16 heavy (non-hydrogen) atoms. The first kappa shape index (κ1) is 13.5. The van der Waals surface area contributed by atoms with E-state index in [1.165, 1.54) is 12.8 Å². The van der Waals surface area contributed by atoms with Gasteiger partial charge in [0.05, 0.1) is 0 Å². The number of aliphatic hydroxyl groups excluding tert-OH is 1. The highest BCUT2D eigenvalue weighted by molar-refractivity contribution is 5.76. The van der Waals surface area contributed by atoms with Gasteiger partial charge in [-0.25, -0.2) is 0 Å². The smallest absolute Gasteiger partial charge is 0.220 e. The Morgan fingerprint density at radius 3 is 2.44 bits per heavy atom. The highest BCUT2D eigenvalue weighted by atomic mass is 16.3. The van der Waals surface area contributed by atoms with Crippen molar-refractivity contribution in [1.82, 2.24) is 5.32 Å². The van der Waals surface area contributed by atoms with Crippen LogP contribution in [0.3, 0.4) is 0 Å². The summed E-state index contributed by atoms with van der Waals surface area (Å²) >= 11 is 0. The molecule has 1 saturated carbocycles. The number of rotatable bonds is 8. The van der Waals surface area contributed by atoms with E-state index in [9.17, 15) is 4.79 Å². The van der Waals surface area contributed by atoms with Gasteiger partial charge in [0.25, 0.3) is 0 Å². The van der Waals surface area contributed by atoms with Crippen LogP contribution in [0, 0.1) is 11.8 Å². The van der Waals surface area contributed by atoms with Crippen LogP contribution < -0.4 is 5.32 Å². The quantitative estimate of drug-likeness (QED) is 0.667. The number of carbonyl (C=O) groups excluding carboxylic acids is 1. The summed E-state index contributed by atoms with van der Waals surface area (Å²) in [6.07, 6.45) is 5.89. The van der Waals surface area contributed by atoms with Crippen molar-refractivity contribution in [2.75, 3.05) is 6.61 Å². The monoisotopic (exact) mass is 227 g/mol. The Morgan fingerprint density at radius 2 is 2.00 bits per heavy atom. The molecular formula is C13H25NO2. The first-order chi connectivity index (χ1) is 7.71. The lowest BCUT2D eigenvalue weighted by Crippen LogP contribution is -2.37. The third-order valence-electron chi connectivity index (χ3n) is 3.61. The Morgan fingerprint density at radius 1 is 1.38 bits per heavy atom. The topological polar surface area (TPSA) is 49.3 Å². The van der Waals surface area contributed by atoms with Crippen molar-refractivity contribution in [3.8, 4) is 0 Å². The first-order valence-corrected chi connectivity index (χ1v) is 6.61. The Hall–Kier alpha value is -0.570. The summed E-state index contributed by atoms with van der Waals surface area (Å²) in [7, 11) is 0. The van der Waals surface area contributed by atoms with Crippen LogP contribution >= 0.6 is 0 Å². The van der Waals surface area contributed by atoms with E-state index < -0.39 is 0 Å². The number of hydrogen-bond acceptors (Lipinski definition) is 2. The number of amides is 1. The molecule has 0 radical (unpaired) electrons. The fourth-order valence-corrected chi connectivity index (χ4v) is 2.17. The molecule has 1 atom stereocenters. The molecule has 1 aliphatic carbocycles. The van der Waals surface area contributed by atoms with Gasteiger partial charge < -0.3 is 10.4 Å². The summed E-state index contributed by atoms with van der Waals surface area (Å²) in [6.45, 7) is 4.44. The van der Waals surface area contributed by atoms with Gasteiger partial charge in [-0.2, -0.15) is 0 Å². The van der Waals surface area contributed by atoms with Crippen LogP contribution in [0.15, 0.2) is 0 Å². The van der Waals surface area contributed by atoms with Gasteiger partial charge in [0, 0.05) is 19.1 Å². The average molecular weight is 227 g/mol. The van der Waals surface area contributed by atoms with E-state index in [1.807, 2.05) is 0 Å². The second kappa shape index (κ2) is 6.89. The van der Waals surface area contributed by atoms with Gasteiger partial charge in [-0.3, -0.25) is 4.79 Å². The predicted octanol–water partition coefficient (Wildman–Crippen LogP) is 2.09. The van der Waals surface area contributed by atoms with Gasteiger partial charge in [0.2, 0.25) is 5.91 Å². The summed E-state index contributed by atoms with van der Waals surface area (Å²) in [5, 5.41) is 12.0. The third-order valence-corrected chi connectivity index (χ3v) is 3.61. The van der Waals surface area contributed by atoms with E-state index in [2.05, 4.69) is 19.2 Å². The van der Waals surface area contributed by atoms with Gasteiger partial charge in [-0.1, -0.05) is 26.7 Å². The van der Waals surface area contributed by atoms with E-state index in [-0.39, 0.29) is 18.6 Å².